The van der Waals surface area contributed by atoms with Gasteiger partial charge in [0.25, 0.3) is 5.56 Å². The minimum Gasteiger partial charge on any atom is -0.508 e. The van der Waals surface area contributed by atoms with Gasteiger partial charge < -0.3 is 10.2 Å². The second-order valence-electron chi connectivity index (χ2n) is 6.19. The van der Waals surface area contributed by atoms with Crippen molar-refractivity contribution >= 4 is 23.5 Å². The van der Waals surface area contributed by atoms with Gasteiger partial charge in [0.2, 0.25) is 5.88 Å². The molecule has 4 rings (SSSR count). The quantitative estimate of drug-likeness (QED) is 0.595. The Morgan fingerprint density at radius 1 is 0.893 bits per heavy atom. The number of allylic oxidation sites excluding steroid dienone is 2. The predicted molar refractivity (Wildman–Crippen MR) is 104 cm³/mol. The van der Waals surface area contributed by atoms with Gasteiger partial charge >= 0.3 is 5.69 Å². The standard InChI is InChI=1S/C21H14N2O5/c24-14-8-6-13(7-9-14)23-20(27)17(19(26)22-21(23)28)11-16-15-4-2-1-3-12(15)5-10-18(16)25/h1-11,24,27H,(H,22,26,28). The number of carbonyl (C=O) groups excluding carboxylic acids is 1. The fourth-order valence-corrected chi connectivity index (χ4v) is 3.08. The third kappa shape index (κ3) is 2.84. The Kier molecular flexibility index (Phi) is 4.04. The predicted octanol–water partition coefficient (Wildman–Crippen LogP) is 2.07. The maximum absolute atomic E-state index is 12.4. The van der Waals surface area contributed by atoms with E-state index < -0.39 is 17.1 Å². The molecule has 1 aliphatic carbocycles. The molecule has 0 saturated heterocycles. The molecule has 0 saturated carbocycles. The summed E-state index contributed by atoms with van der Waals surface area (Å²) < 4.78 is 0.891. The van der Waals surface area contributed by atoms with Crippen LogP contribution < -0.4 is 11.2 Å². The van der Waals surface area contributed by atoms with Crippen molar-refractivity contribution in [2.24, 2.45) is 0 Å². The summed E-state index contributed by atoms with van der Waals surface area (Å²) in [5, 5.41) is 20.1. The average molecular weight is 374 g/mol. The molecule has 2 aromatic carbocycles. The molecule has 0 atom stereocenters. The second kappa shape index (κ2) is 6.55. The van der Waals surface area contributed by atoms with Crippen molar-refractivity contribution in [3.05, 3.63) is 92.1 Å². The second-order valence-corrected chi connectivity index (χ2v) is 6.19. The summed E-state index contributed by atoms with van der Waals surface area (Å²) in [4.78, 5) is 39.1. The van der Waals surface area contributed by atoms with E-state index in [0.717, 1.165) is 10.1 Å². The number of benzene rings is 2. The summed E-state index contributed by atoms with van der Waals surface area (Å²) in [5.74, 6) is -0.939. The lowest BCUT2D eigenvalue weighted by Crippen LogP contribution is -2.30. The van der Waals surface area contributed by atoms with Gasteiger partial charge in [0.15, 0.2) is 5.78 Å². The minimum atomic E-state index is -0.842. The van der Waals surface area contributed by atoms with Crippen molar-refractivity contribution in [1.82, 2.24) is 9.55 Å². The van der Waals surface area contributed by atoms with Crippen LogP contribution in [0.15, 0.2) is 64.2 Å². The zero-order valence-corrected chi connectivity index (χ0v) is 14.4. The Morgan fingerprint density at radius 2 is 1.61 bits per heavy atom. The lowest BCUT2D eigenvalue weighted by Gasteiger charge is -2.14. The number of aromatic amines is 1. The highest BCUT2D eigenvalue weighted by Gasteiger charge is 2.20. The van der Waals surface area contributed by atoms with Crippen molar-refractivity contribution < 1.29 is 15.0 Å². The summed E-state index contributed by atoms with van der Waals surface area (Å²) in [7, 11) is 0. The molecule has 0 spiro atoms. The van der Waals surface area contributed by atoms with E-state index in [1.165, 1.54) is 36.4 Å². The fourth-order valence-electron chi connectivity index (χ4n) is 3.08. The van der Waals surface area contributed by atoms with Gasteiger partial charge in [-0.1, -0.05) is 30.3 Å². The molecule has 3 aromatic rings. The maximum Gasteiger partial charge on any atom is 0.335 e. The van der Waals surface area contributed by atoms with Crippen LogP contribution in [-0.4, -0.2) is 25.5 Å². The molecule has 1 aromatic heterocycles. The molecule has 0 aliphatic heterocycles. The summed E-state index contributed by atoms with van der Waals surface area (Å²) in [6.07, 6.45) is 4.33. The molecular weight excluding hydrogens is 360 g/mol. The number of rotatable bonds is 2. The summed E-state index contributed by atoms with van der Waals surface area (Å²) in [6.45, 7) is 0. The van der Waals surface area contributed by atoms with Crippen molar-refractivity contribution in [3.63, 3.8) is 0 Å². The molecule has 0 bridgehead atoms. The largest absolute Gasteiger partial charge is 0.508 e. The Hall–Kier alpha value is -4.13. The third-order valence-electron chi connectivity index (χ3n) is 4.45. The number of phenolic OH excluding ortho intramolecular Hbond substituents is 1. The average Bonchev–Trinajstić information content (AvgIpc) is 2.68. The number of hydrogen-bond acceptors (Lipinski definition) is 5. The topological polar surface area (TPSA) is 112 Å². The Balaban J connectivity index is 1.96. The van der Waals surface area contributed by atoms with E-state index in [2.05, 4.69) is 4.98 Å². The number of H-pyrrole nitrogens is 1. The monoisotopic (exact) mass is 374 g/mol. The van der Waals surface area contributed by atoms with E-state index in [1.807, 2.05) is 12.1 Å². The van der Waals surface area contributed by atoms with E-state index >= 15 is 0 Å². The molecule has 28 heavy (non-hydrogen) atoms. The van der Waals surface area contributed by atoms with Crippen LogP contribution in [0.5, 0.6) is 11.6 Å². The maximum atomic E-state index is 12.4. The van der Waals surface area contributed by atoms with Gasteiger partial charge in [0, 0.05) is 5.57 Å². The number of aromatic nitrogens is 2. The van der Waals surface area contributed by atoms with Crippen LogP contribution in [0.4, 0.5) is 0 Å². The highest BCUT2D eigenvalue weighted by molar-refractivity contribution is 6.33. The molecule has 1 aliphatic rings. The van der Waals surface area contributed by atoms with Gasteiger partial charge in [-0.3, -0.25) is 14.6 Å². The number of nitrogens with one attached hydrogen (secondary N) is 1. The Labute approximate surface area is 158 Å². The van der Waals surface area contributed by atoms with Crippen LogP contribution in [-0.2, 0) is 4.79 Å². The highest BCUT2D eigenvalue weighted by Crippen LogP contribution is 2.29. The number of nitrogens with zero attached hydrogens (tertiary/aromatic N) is 1. The van der Waals surface area contributed by atoms with Crippen LogP contribution in [0.3, 0.4) is 0 Å². The molecule has 3 N–H and O–H groups in total. The van der Waals surface area contributed by atoms with E-state index in [1.54, 1.807) is 18.2 Å². The number of fused-ring (bicyclic) bond motifs is 1. The third-order valence-corrected chi connectivity index (χ3v) is 4.45. The first-order chi connectivity index (χ1) is 13.5. The van der Waals surface area contributed by atoms with Crippen molar-refractivity contribution in [2.45, 2.75) is 0 Å². The smallest absolute Gasteiger partial charge is 0.335 e. The highest BCUT2D eigenvalue weighted by atomic mass is 16.3. The van der Waals surface area contributed by atoms with Crippen molar-refractivity contribution in [1.29, 1.82) is 0 Å². The summed E-state index contributed by atoms with van der Waals surface area (Å²) in [5.41, 5.74) is 0.0187. The van der Waals surface area contributed by atoms with Gasteiger partial charge in [-0.25, -0.2) is 9.36 Å². The SMILES string of the molecule is O=C1C=Cc2ccccc2C1=Cc1c(O)n(-c2ccc(O)cc2)c(=O)[nH]c1=O. The first-order valence-electron chi connectivity index (χ1n) is 8.37. The molecule has 7 nitrogen and oxygen atoms in total. The summed E-state index contributed by atoms with van der Waals surface area (Å²) >= 11 is 0. The number of aromatic hydroxyl groups is 2. The zero-order valence-electron chi connectivity index (χ0n) is 14.4. The van der Waals surface area contributed by atoms with Gasteiger partial charge in [-0.05, 0) is 47.5 Å². The zero-order chi connectivity index (χ0) is 19.8. The normalized spacial score (nSPS) is 14.3. The van der Waals surface area contributed by atoms with Gasteiger partial charge in [0.1, 0.15) is 11.3 Å². The molecule has 1 heterocycles. The van der Waals surface area contributed by atoms with Gasteiger partial charge in [-0.2, -0.15) is 0 Å². The van der Waals surface area contributed by atoms with Crippen LogP contribution in [0.2, 0.25) is 0 Å². The molecule has 0 radical (unpaired) electrons. The van der Waals surface area contributed by atoms with Crippen molar-refractivity contribution in [2.75, 3.05) is 0 Å². The number of hydrogen-bond donors (Lipinski definition) is 3. The van der Waals surface area contributed by atoms with Crippen LogP contribution >= 0.6 is 0 Å². The Bertz CT molecular complexity index is 1280. The van der Waals surface area contributed by atoms with E-state index in [0.29, 0.717) is 5.56 Å². The summed E-state index contributed by atoms with van der Waals surface area (Å²) in [6, 6.07) is 12.7. The fraction of sp³-hybridized carbons (Fsp3) is 0. The number of ketones is 1. The minimum absolute atomic E-state index is 0.0146. The molecule has 0 unspecified atom stereocenters. The van der Waals surface area contributed by atoms with Crippen LogP contribution in [0.1, 0.15) is 16.7 Å². The molecule has 138 valence electrons. The van der Waals surface area contributed by atoms with Crippen molar-refractivity contribution in [3.8, 4) is 17.3 Å². The lowest BCUT2D eigenvalue weighted by atomic mass is 9.90. The van der Waals surface area contributed by atoms with Gasteiger partial charge in [-0.15, -0.1) is 0 Å². The molecular formula is C21H14N2O5. The number of carbonyl (C=O) groups is 1. The van der Waals surface area contributed by atoms with E-state index in [4.69, 9.17) is 0 Å². The molecule has 0 fully saturated rings. The van der Waals surface area contributed by atoms with Gasteiger partial charge in [0.05, 0.1) is 5.69 Å². The Morgan fingerprint density at radius 3 is 2.36 bits per heavy atom. The molecule has 7 heteroatoms. The van der Waals surface area contributed by atoms with Crippen LogP contribution in [0, 0.1) is 0 Å². The first-order valence-corrected chi connectivity index (χ1v) is 8.37. The lowest BCUT2D eigenvalue weighted by molar-refractivity contribution is -0.109. The number of phenols is 1. The van der Waals surface area contributed by atoms with E-state index in [-0.39, 0.29) is 28.4 Å². The molecule has 0 amide bonds. The first kappa shape index (κ1) is 17.3. The van der Waals surface area contributed by atoms with Crippen LogP contribution in [0.25, 0.3) is 23.4 Å². The van der Waals surface area contributed by atoms with E-state index in [9.17, 15) is 24.6 Å².